The first-order valence-corrected chi connectivity index (χ1v) is 6.53. The van der Waals surface area contributed by atoms with Gasteiger partial charge in [0.1, 0.15) is 5.82 Å². The molecule has 1 aromatic rings. The van der Waals surface area contributed by atoms with Gasteiger partial charge in [0, 0.05) is 12.1 Å². The predicted octanol–water partition coefficient (Wildman–Crippen LogP) is 2.54. The second-order valence-corrected chi connectivity index (χ2v) is 4.73. The van der Waals surface area contributed by atoms with E-state index in [4.69, 9.17) is 10.9 Å². The third-order valence-electron chi connectivity index (χ3n) is 3.04. The summed E-state index contributed by atoms with van der Waals surface area (Å²) < 4.78 is 13.2. The first-order valence-electron chi connectivity index (χ1n) is 6.53. The summed E-state index contributed by atoms with van der Waals surface area (Å²) in [6.07, 6.45) is 3.51. The van der Waals surface area contributed by atoms with Crippen LogP contribution in [-0.4, -0.2) is 29.5 Å². The average molecular weight is 267 g/mol. The Hall–Kier alpha value is -1.62. The third-order valence-corrected chi connectivity index (χ3v) is 3.04. The van der Waals surface area contributed by atoms with Crippen LogP contribution in [0.1, 0.15) is 37.3 Å². The molecule has 0 amide bonds. The second kappa shape index (κ2) is 7.74. The number of amidine groups is 1. The van der Waals surface area contributed by atoms with E-state index in [1.807, 2.05) is 7.05 Å². The van der Waals surface area contributed by atoms with E-state index >= 15 is 0 Å². The largest absolute Gasteiger partial charge is 0.409 e. The van der Waals surface area contributed by atoms with Gasteiger partial charge in [0.05, 0.1) is 0 Å². The monoisotopic (exact) mass is 267 g/mol. The van der Waals surface area contributed by atoms with E-state index in [2.05, 4.69) is 17.0 Å². The molecule has 0 bridgehead atoms. The standard InChI is InChI=1S/C14H22FN3O/c1-3-4-5-8-18(2)10-11-6-7-12(15)9-13(11)14(16)17-19/h6-7,9,19H,3-5,8,10H2,1-2H3,(H2,16,17). The highest BCUT2D eigenvalue weighted by atomic mass is 19.1. The van der Waals surface area contributed by atoms with Gasteiger partial charge in [-0.05, 0) is 37.7 Å². The highest BCUT2D eigenvalue weighted by Crippen LogP contribution is 2.14. The van der Waals surface area contributed by atoms with Crippen molar-refractivity contribution in [1.82, 2.24) is 4.90 Å². The van der Waals surface area contributed by atoms with E-state index in [9.17, 15) is 4.39 Å². The molecule has 4 nitrogen and oxygen atoms in total. The molecule has 0 heterocycles. The highest BCUT2D eigenvalue weighted by Gasteiger charge is 2.10. The lowest BCUT2D eigenvalue weighted by Crippen LogP contribution is -2.23. The number of hydrogen-bond donors (Lipinski definition) is 2. The number of oxime groups is 1. The van der Waals surface area contributed by atoms with Gasteiger partial charge in [0.25, 0.3) is 0 Å². The van der Waals surface area contributed by atoms with E-state index < -0.39 is 0 Å². The summed E-state index contributed by atoms with van der Waals surface area (Å²) in [6, 6.07) is 4.37. The number of unbranched alkanes of at least 4 members (excludes halogenated alkanes) is 2. The first kappa shape index (κ1) is 15.4. The van der Waals surface area contributed by atoms with Crippen LogP contribution in [-0.2, 0) is 6.54 Å². The summed E-state index contributed by atoms with van der Waals surface area (Å²) in [4.78, 5) is 2.15. The molecule has 0 radical (unpaired) electrons. The molecular weight excluding hydrogens is 245 g/mol. The van der Waals surface area contributed by atoms with Gasteiger partial charge in [-0.1, -0.05) is 31.0 Å². The molecule has 0 aromatic heterocycles. The maximum atomic E-state index is 13.2. The minimum absolute atomic E-state index is 0.0588. The lowest BCUT2D eigenvalue weighted by molar-refractivity contribution is 0.315. The zero-order valence-corrected chi connectivity index (χ0v) is 11.6. The van der Waals surface area contributed by atoms with Crippen molar-refractivity contribution in [3.63, 3.8) is 0 Å². The second-order valence-electron chi connectivity index (χ2n) is 4.73. The van der Waals surface area contributed by atoms with Crippen LogP contribution in [0.15, 0.2) is 23.4 Å². The zero-order valence-electron chi connectivity index (χ0n) is 11.6. The Kier molecular flexibility index (Phi) is 6.29. The Balaban J connectivity index is 2.77. The van der Waals surface area contributed by atoms with Crippen LogP contribution in [0, 0.1) is 5.82 Å². The lowest BCUT2D eigenvalue weighted by atomic mass is 10.1. The van der Waals surface area contributed by atoms with Crippen LogP contribution < -0.4 is 5.73 Å². The van der Waals surface area contributed by atoms with Crippen molar-refractivity contribution in [1.29, 1.82) is 0 Å². The zero-order chi connectivity index (χ0) is 14.3. The van der Waals surface area contributed by atoms with Crippen LogP contribution in [0.5, 0.6) is 0 Å². The normalized spacial score (nSPS) is 12.1. The molecule has 3 N–H and O–H groups in total. The van der Waals surface area contributed by atoms with Crippen LogP contribution in [0.25, 0.3) is 0 Å². The molecule has 0 aliphatic carbocycles. The Bertz CT molecular complexity index is 435. The van der Waals surface area contributed by atoms with Crippen molar-refractivity contribution in [2.24, 2.45) is 10.9 Å². The molecule has 0 aliphatic rings. The minimum atomic E-state index is -0.390. The Morgan fingerprint density at radius 1 is 1.42 bits per heavy atom. The molecule has 1 rings (SSSR count). The number of halogens is 1. The number of nitrogens with zero attached hydrogens (tertiary/aromatic N) is 2. The SMILES string of the molecule is CCCCCN(C)Cc1ccc(F)cc1/C(N)=N/O. The van der Waals surface area contributed by atoms with Crippen LogP contribution in [0.4, 0.5) is 4.39 Å². The van der Waals surface area contributed by atoms with Gasteiger partial charge >= 0.3 is 0 Å². The van der Waals surface area contributed by atoms with Crippen molar-refractivity contribution in [3.05, 3.63) is 35.1 Å². The summed E-state index contributed by atoms with van der Waals surface area (Å²) in [5, 5.41) is 11.7. The number of hydrogen-bond acceptors (Lipinski definition) is 3. The van der Waals surface area contributed by atoms with Crippen molar-refractivity contribution in [2.75, 3.05) is 13.6 Å². The van der Waals surface area contributed by atoms with E-state index in [0.717, 1.165) is 18.5 Å². The molecule has 5 heteroatoms. The maximum Gasteiger partial charge on any atom is 0.170 e. The number of nitrogens with two attached hydrogens (primary N) is 1. The van der Waals surface area contributed by atoms with Gasteiger partial charge in [-0.25, -0.2) is 4.39 Å². The minimum Gasteiger partial charge on any atom is -0.409 e. The van der Waals surface area contributed by atoms with E-state index in [0.29, 0.717) is 12.1 Å². The van der Waals surface area contributed by atoms with Gasteiger partial charge in [0.2, 0.25) is 0 Å². The smallest absolute Gasteiger partial charge is 0.170 e. The molecule has 19 heavy (non-hydrogen) atoms. The average Bonchev–Trinajstić information content (AvgIpc) is 2.40. The molecular formula is C14H22FN3O. The fraction of sp³-hybridized carbons (Fsp3) is 0.500. The molecule has 0 spiro atoms. The molecule has 0 fully saturated rings. The van der Waals surface area contributed by atoms with Crippen molar-refractivity contribution in [3.8, 4) is 0 Å². The van der Waals surface area contributed by atoms with Crippen molar-refractivity contribution < 1.29 is 9.60 Å². The van der Waals surface area contributed by atoms with Gasteiger partial charge < -0.3 is 15.8 Å². The molecule has 0 saturated heterocycles. The summed E-state index contributed by atoms with van der Waals surface area (Å²) in [7, 11) is 2.01. The van der Waals surface area contributed by atoms with Crippen LogP contribution >= 0.6 is 0 Å². The lowest BCUT2D eigenvalue weighted by Gasteiger charge is -2.18. The quantitative estimate of drug-likeness (QED) is 0.262. The number of benzene rings is 1. The van der Waals surface area contributed by atoms with Crippen LogP contribution in [0.3, 0.4) is 0 Å². The molecule has 0 aliphatic heterocycles. The molecule has 0 atom stereocenters. The first-order chi connectivity index (χ1) is 9.08. The molecule has 106 valence electrons. The van der Waals surface area contributed by atoms with E-state index in [1.54, 1.807) is 6.07 Å². The van der Waals surface area contributed by atoms with Crippen LogP contribution in [0.2, 0.25) is 0 Å². The van der Waals surface area contributed by atoms with Gasteiger partial charge in [-0.2, -0.15) is 0 Å². The summed E-state index contributed by atoms with van der Waals surface area (Å²) in [5.41, 5.74) is 6.88. The predicted molar refractivity (Wildman–Crippen MR) is 74.8 cm³/mol. The molecule has 0 unspecified atom stereocenters. The maximum absolute atomic E-state index is 13.2. The van der Waals surface area contributed by atoms with Gasteiger partial charge in [0.15, 0.2) is 5.84 Å². The Morgan fingerprint density at radius 2 is 2.16 bits per heavy atom. The molecule has 0 saturated carbocycles. The van der Waals surface area contributed by atoms with E-state index in [1.165, 1.54) is 25.0 Å². The fourth-order valence-electron chi connectivity index (χ4n) is 1.98. The van der Waals surface area contributed by atoms with Gasteiger partial charge in [-0.3, -0.25) is 0 Å². The summed E-state index contributed by atoms with van der Waals surface area (Å²) in [5.74, 6) is -0.449. The van der Waals surface area contributed by atoms with Crippen molar-refractivity contribution in [2.45, 2.75) is 32.7 Å². The highest BCUT2D eigenvalue weighted by molar-refractivity contribution is 5.98. The van der Waals surface area contributed by atoms with E-state index in [-0.39, 0.29) is 11.7 Å². The number of rotatable bonds is 7. The fourth-order valence-corrected chi connectivity index (χ4v) is 1.98. The third kappa shape index (κ3) is 4.87. The van der Waals surface area contributed by atoms with Gasteiger partial charge in [-0.15, -0.1) is 0 Å². The summed E-state index contributed by atoms with van der Waals surface area (Å²) >= 11 is 0. The van der Waals surface area contributed by atoms with Crippen molar-refractivity contribution >= 4 is 5.84 Å². The Labute approximate surface area is 113 Å². The molecule has 1 aromatic carbocycles. The summed E-state index contributed by atoms with van der Waals surface area (Å²) in [6.45, 7) is 3.78. The Morgan fingerprint density at radius 3 is 2.79 bits per heavy atom. The topological polar surface area (TPSA) is 61.8 Å².